The number of amides is 2. The Balaban J connectivity index is 1.68. The molecule has 0 aliphatic carbocycles. The van der Waals surface area contributed by atoms with Crippen LogP contribution in [0.1, 0.15) is 27.1 Å². The number of benzene rings is 1. The van der Waals surface area contributed by atoms with Crippen molar-refractivity contribution in [3.8, 4) is 0 Å². The van der Waals surface area contributed by atoms with E-state index in [-0.39, 0.29) is 18.4 Å². The highest BCUT2D eigenvalue weighted by atomic mass is 16.2. The molecule has 1 N–H and O–H groups in total. The number of rotatable bonds is 4. The summed E-state index contributed by atoms with van der Waals surface area (Å²) < 4.78 is 0. The van der Waals surface area contributed by atoms with E-state index >= 15 is 0 Å². The Morgan fingerprint density at radius 1 is 1.19 bits per heavy atom. The number of hydrogen-bond donors (Lipinski definition) is 1. The van der Waals surface area contributed by atoms with Gasteiger partial charge in [-0.05, 0) is 22.4 Å². The maximum Gasteiger partial charge on any atom is 0.263 e. The third-order valence-electron chi connectivity index (χ3n) is 4.63. The van der Waals surface area contributed by atoms with Crippen molar-refractivity contribution >= 4 is 35.0 Å². The van der Waals surface area contributed by atoms with E-state index in [2.05, 4.69) is 28.3 Å². The van der Waals surface area contributed by atoms with Crippen LogP contribution in [0.15, 0.2) is 49.3 Å². The van der Waals surface area contributed by atoms with Crippen molar-refractivity contribution in [1.82, 2.24) is 20.1 Å². The van der Waals surface area contributed by atoms with E-state index in [0.717, 1.165) is 16.0 Å². The minimum absolute atomic E-state index is 0.265. The van der Waals surface area contributed by atoms with Crippen LogP contribution in [0, 0.1) is 0 Å². The molecule has 6 heteroatoms. The van der Waals surface area contributed by atoms with E-state index in [9.17, 15) is 9.59 Å². The van der Waals surface area contributed by atoms with Crippen LogP contribution in [0.3, 0.4) is 0 Å². The van der Waals surface area contributed by atoms with Crippen molar-refractivity contribution in [1.29, 1.82) is 0 Å². The van der Waals surface area contributed by atoms with Gasteiger partial charge in [-0.2, -0.15) is 5.10 Å². The van der Waals surface area contributed by atoms with Crippen LogP contribution in [-0.4, -0.2) is 38.4 Å². The lowest BCUT2D eigenvalue weighted by atomic mass is 10.1. The van der Waals surface area contributed by atoms with Crippen LogP contribution >= 0.6 is 0 Å². The highest BCUT2D eigenvalue weighted by Crippen LogP contribution is 2.28. The highest BCUT2D eigenvalue weighted by Gasteiger charge is 2.37. The van der Waals surface area contributed by atoms with Gasteiger partial charge in [-0.25, -0.2) is 4.98 Å². The molecule has 3 aromatic rings. The Kier molecular flexibility index (Phi) is 3.73. The molecule has 1 aliphatic heterocycles. The maximum absolute atomic E-state index is 12.8. The van der Waals surface area contributed by atoms with Gasteiger partial charge in [0.05, 0.1) is 22.7 Å². The molecule has 3 heterocycles. The molecule has 0 unspecified atom stereocenters. The van der Waals surface area contributed by atoms with Gasteiger partial charge in [-0.15, -0.1) is 0 Å². The Labute approximate surface area is 149 Å². The molecule has 6 nitrogen and oxygen atoms in total. The van der Waals surface area contributed by atoms with Gasteiger partial charge in [-0.1, -0.05) is 43.5 Å². The number of H-pyrrole nitrogens is 1. The van der Waals surface area contributed by atoms with Crippen LogP contribution in [0.4, 0.5) is 0 Å². The van der Waals surface area contributed by atoms with E-state index < -0.39 is 0 Å². The Bertz CT molecular complexity index is 1180. The molecular weight excluding hydrogens is 328 g/mol. The Morgan fingerprint density at radius 3 is 2.77 bits per heavy atom. The fourth-order valence-corrected chi connectivity index (χ4v) is 3.28. The van der Waals surface area contributed by atoms with E-state index in [1.165, 1.54) is 17.3 Å². The van der Waals surface area contributed by atoms with Gasteiger partial charge in [0.15, 0.2) is 5.65 Å². The molecule has 0 bridgehead atoms. The second kappa shape index (κ2) is 6.07. The zero-order valence-corrected chi connectivity index (χ0v) is 14.0. The minimum Gasteiger partial charge on any atom is -0.274 e. The first kappa shape index (κ1) is 16.0. The average Bonchev–Trinajstić information content (AvgIpc) is 3.21. The van der Waals surface area contributed by atoms with Gasteiger partial charge in [0.1, 0.15) is 0 Å². The number of allylic oxidation sites excluding steroid dienone is 1. The van der Waals surface area contributed by atoms with E-state index in [4.69, 9.17) is 0 Å². The summed E-state index contributed by atoms with van der Waals surface area (Å²) in [6.45, 7) is 8.15. The summed E-state index contributed by atoms with van der Waals surface area (Å²) in [5.41, 5.74) is 2.13. The molecule has 0 fully saturated rings. The van der Waals surface area contributed by atoms with Gasteiger partial charge < -0.3 is 0 Å². The van der Waals surface area contributed by atoms with E-state index in [0.29, 0.717) is 28.6 Å². The number of carbonyl (C=O) groups excluding carboxylic acids is 2. The van der Waals surface area contributed by atoms with Crippen LogP contribution in [0.25, 0.3) is 23.2 Å². The van der Waals surface area contributed by atoms with Gasteiger partial charge >= 0.3 is 0 Å². The molecule has 1 aromatic carbocycles. The molecule has 4 rings (SSSR count). The lowest BCUT2D eigenvalue weighted by Crippen LogP contribution is -2.32. The van der Waals surface area contributed by atoms with Gasteiger partial charge in [0.2, 0.25) is 0 Å². The zero-order chi connectivity index (χ0) is 18.3. The number of nitrogens with zero attached hydrogens (tertiary/aromatic N) is 3. The molecule has 1 aliphatic rings. The number of pyridine rings is 1. The highest BCUT2D eigenvalue weighted by molar-refractivity contribution is 6.25. The van der Waals surface area contributed by atoms with Crippen molar-refractivity contribution in [2.24, 2.45) is 0 Å². The molecule has 0 radical (unpaired) electrons. The predicted octanol–water partition coefficient (Wildman–Crippen LogP) is 1.39. The number of hydrogen-bond acceptors (Lipinski definition) is 4. The maximum atomic E-state index is 12.8. The summed E-state index contributed by atoms with van der Waals surface area (Å²) in [5, 5.41) is 9.05. The van der Waals surface area contributed by atoms with E-state index in [1.807, 2.05) is 24.3 Å². The molecule has 2 aromatic heterocycles. The second-order valence-electron chi connectivity index (χ2n) is 6.08. The van der Waals surface area contributed by atoms with Gasteiger partial charge in [0, 0.05) is 12.7 Å². The summed E-state index contributed by atoms with van der Waals surface area (Å²) in [5.74, 6) is -0.642. The van der Waals surface area contributed by atoms with Crippen molar-refractivity contribution in [2.45, 2.75) is 6.42 Å². The normalized spacial score (nSPS) is 14.7. The zero-order valence-electron chi connectivity index (χ0n) is 14.0. The van der Waals surface area contributed by atoms with Gasteiger partial charge in [0.25, 0.3) is 11.8 Å². The molecule has 2 amide bonds. The minimum atomic E-state index is -0.327. The molecule has 0 saturated heterocycles. The first-order chi connectivity index (χ1) is 12.6. The summed E-state index contributed by atoms with van der Waals surface area (Å²) in [4.78, 5) is 30.9. The number of carbonyl (C=O) groups is 2. The standard InChI is InChI=1S/C20H16N4O2/c1-3-13(14-7-5-4-6-12(14)2)8-9-24-19(25)16-10-21-18-15(11-22-23-18)17(16)20(24)26/h3-7,10-11H,1-2,8-9H2,(H,21,22,23)/b14-13+. The Hall–Kier alpha value is -3.54. The van der Waals surface area contributed by atoms with Crippen molar-refractivity contribution < 1.29 is 9.59 Å². The van der Waals surface area contributed by atoms with Crippen LogP contribution in [0.2, 0.25) is 0 Å². The summed E-state index contributed by atoms with van der Waals surface area (Å²) in [7, 11) is 0. The number of aromatic amines is 1. The third-order valence-corrected chi connectivity index (χ3v) is 4.63. The number of nitrogens with one attached hydrogen (secondary N) is 1. The summed E-state index contributed by atoms with van der Waals surface area (Å²) in [6, 6.07) is 7.72. The molecule has 128 valence electrons. The largest absolute Gasteiger partial charge is 0.274 e. The SMILES string of the molecule is C=C/C(CCN1C(=O)c2cnc3[nH]ncc3c2C1=O)=c1/ccccc1=C. The number of imide groups is 1. The molecule has 26 heavy (non-hydrogen) atoms. The van der Waals surface area contributed by atoms with Crippen molar-refractivity contribution in [3.05, 3.63) is 70.9 Å². The fraction of sp³-hybridized carbons (Fsp3) is 0.100. The summed E-state index contributed by atoms with van der Waals surface area (Å²) >= 11 is 0. The van der Waals surface area contributed by atoms with Crippen LogP contribution < -0.4 is 10.4 Å². The fourth-order valence-electron chi connectivity index (χ4n) is 3.28. The first-order valence-electron chi connectivity index (χ1n) is 8.19. The van der Waals surface area contributed by atoms with Crippen LogP contribution in [-0.2, 0) is 0 Å². The molecule has 0 spiro atoms. The van der Waals surface area contributed by atoms with Gasteiger partial charge in [-0.3, -0.25) is 19.6 Å². The number of fused-ring (bicyclic) bond motifs is 3. The quantitative estimate of drug-likeness (QED) is 0.726. The third kappa shape index (κ3) is 2.35. The first-order valence-corrected chi connectivity index (χ1v) is 8.19. The average molecular weight is 344 g/mol. The Morgan fingerprint density at radius 2 is 2.00 bits per heavy atom. The second-order valence-corrected chi connectivity index (χ2v) is 6.08. The summed E-state index contributed by atoms with van der Waals surface area (Å²) in [6.07, 6.45) is 5.21. The van der Waals surface area contributed by atoms with Crippen LogP contribution in [0.5, 0.6) is 0 Å². The lowest BCUT2D eigenvalue weighted by Gasteiger charge is -2.14. The van der Waals surface area contributed by atoms with Crippen molar-refractivity contribution in [3.63, 3.8) is 0 Å². The number of aromatic nitrogens is 3. The van der Waals surface area contributed by atoms with E-state index in [1.54, 1.807) is 6.08 Å². The van der Waals surface area contributed by atoms with Crippen molar-refractivity contribution in [2.75, 3.05) is 6.54 Å². The monoisotopic (exact) mass is 344 g/mol. The molecule has 0 saturated carbocycles. The predicted molar refractivity (Wildman–Crippen MR) is 98.7 cm³/mol. The topological polar surface area (TPSA) is 79.0 Å². The smallest absolute Gasteiger partial charge is 0.263 e. The lowest BCUT2D eigenvalue weighted by molar-refractivity contribution is 0.0658. The molecular formula is C20H16N4O2. The molecule has 0 atom stereocenters.